The molecule has 0 spiro atoms. The van der Waals surface area contributed by atoms with Gasteiger partial charge in [0.1, 0.15) is 0 Å². The average molecular weight is 152 g/mol. The Bertz CT molecular complexity index is 183. The molecule has 3 aliphatic rings. The van der Waals surface area contributed by atoms with Gasteiger partial charge in [0.05, 0.1) is 5.60 Å². The predicted octanol–water partition coefficient (Wildman–Crippen LogP) is 2.07. The fourth-order valence-corrected chi connectivity index (χ4v) is 3.95. The molecular weight excluding hydrogens is 136 g/mol. The van der Waals surface area contributed by atoms with Crippen LogP contribution in [0, 0.1) is 23.7 Å². The lowest BCUT2D eigenvalue weighted by Crippen LogP contribution is -2.35. The Morgan fingerprint density at radius 2 is 1.73 bits per heavy atom. The molecule has 2 bridgehead atoms. The number of ether oxygens (including phenoxy) is 1. The molecule has 0 aromatic heterocycles. The summed E-state index contributed by atoms with van der Waals surface area (Å²) >= 11 is 0. The van der Waals surface area contributed by atoms with Crippen LogP contribution in [0.3, 0.4) is 0 Å². The molecule has 11 heavy (non-hydrogen) atoms. The Hall–Kier alpha value is -0.0400. The van der Waals surface area contributed by atoms with E-state index < -0.39 is 0 Å². The van der Waals surface area contributed by atoms with Crippen molar-refractivity contribution in [2.75, 3.05) is 7.11 Å². The topological polar surface area (TPSA) is 9.23 Å². The summed E-state index contributed by atoms with van der Waals surface area (Å²) in [5.74, 6) is 3.97. The van der Waals surface area contributed by atoms with Crippen LogP contribution in [0.1, 0.15) is 26.2 Å². The molecule has 0 radical (unpaired) electrons. The minimum absolute atomic E-state index is 0.285. The second kappa shape index (κ2) is 1.66. The van der Waals surface area contributed by atoms with Crippen molar-refractivity contribution in [3.05, 3.63) is 0 Å². The maximum absolute atomic E-state index is 5.69. The highest BCUT2D eigenvalue weighted by Gasteiger charge is 2.68. The Morgan fingerprint density at radius 1 is 1.18 bits per heavy atom. The van der Waals surface area contributed by atoms with Crippen molar-refractivity contribution in [3.63, 3.8) is 0 Å². The van der Waals surface area contributed by atoms with Gasteiger partial charge in [-0.15, -0.1) is 0 Å². The van der Waals surface area contributed by atoms with Crippen molar-refractivity contribution in [2.24, 2.45) is 23.7 Å². The second-order valence-corrected chi connectivity index (χ2v) is 4.74. The van der Waals surface area contributed by atoms with Gasteiger partial charge in [-0.25, -0.2) is 0 Å². The number of fused-ring (bicyclic) bond motifs is 5. The van der Waals surface area contributed by atoms with Gasteiger partial charge < -0.3 is 4.74 Å². The van der Waals surface area contributed by atoms with Crippen LogP contribution in [0.5, 0.6) is 0 Å². The molecule has 0 amide bonds. The first-order valence-electron chi connectivity index (χ1n) is 4.82. The molecule has 0 unspecified atom stereocenters. The van der Waals surface area contributed by atoms with Crippen LogP contribution in [0.4, 0.5) is 0 Å². The molecule has 1 nitrogen and oxygen atoms in total. The summed E-state index contributed by atoms with van der Waals surface area (Å²) in [6.07, 6.45) is 4.40. The highest BCUT2D eigenvalue weighted by atomic mass is 16.5. The number of hydrogen-bond acceptors (Lipinski definition) is 1. The van der Waals surface area contributed by atoms with Crippen molar-refractivity contribution in [2.45, 2.75) is 31.8 Å². The smallest absolute Gasteiger partial charge is 0.0712 e. The van der Waals surface area contributed by atoms with Crippen molar-refractivity contribution in [3.8, 4) is 0 Å². The average Bonchev–Trinajstić information content (AvgIpc) is 2.71. The lowest BCUT2D eigenvalue weighted by Gasteiger charge is -2.31. The van der Waals surface area contributed by atoms with Crippen LogP contribution in [-0.2, 0) is 4.74 Å². The van der Waals surface area contributed by atoms with Crippen LogP contribution in [0.15, 0.2) is 0 Å². The first-order valence-corrected chi connectivity index (χ1v) is 4.82. The van der Waals surface area contributed by atoms with Gasteiger partial charge in [-0.2, -0.15) is 0 Å². The lowest BCUT2D eigenvalue weighted by molar-refractivity contribution is -0.0456. The molecule has 3 saturated carbocycles. The van der Waals surface area contributed by atoms with Gasteiger partial charge in [-0.1, -0.05) is 0 Å². The molecule has 0 saturated heterocycles. The summed E-state index contributed by atoms with van der Waals surface area (Å²) in [7, 11) is 1.90. The Morgan fingerprint density at radius 3 is 2.09 bits per heavy atom. The summed E-state index contributed by atoms with van der Waals surface area (Å²) in [5, 5.41) is 0. The van der Waals surface area contributed by atoms with Crippen molar-refractivity contribution in [1.82, 2.24) is 0 Å². The molecule has 0 aliphatic heterocycles. The Balaban J connectivity index is 1.99. The maximum Gasteiger partial charge on any atom is 0.0712 e. The number of rotatable bonds is 1. The van der Waals surface area contributed by atoms with Crippen molar-refractivity contribution >= 4 is 0 Å². The van der Waals surface area contributed by atoms with Gasteiger partial charge in [-0.3, -0.25) is 0 Å². The third-order valence-corrected chi connectivity index (χ3v) is 4.63. The summed E-state index contributed by atoms with van der Waals surface area (Å²) in [4.78, 5) is 0. The van der Waals surface area contributed by atoms with Crippen molar-refractivity contribution < 1.29 is 4.74 Å². The van der Waals surface area contributed by atoms with Gasteiger partial charge in [0.25, 0.3) is 0 Å². The maximum atomic E-state index is 5.69. The van der Waals surface area contributed by atoms with Crippen LogP contribution < -0.4 is 0 Å². The van der Waals surface area contributed by atoms with Gasteiger partial charge in [0, 0.05) is 7.11 Å². The third kappa shape index (κ3) is 0.547. The molecule has 4 atom stereocenters. The fourth-order valence-electron chi connectivity index (χ4n) is 3.95. The third-order valence-electron chi connectivity index (χ3n) is 4.63. The second-order valence-electron chi connectivity index (χ2n) is 4.74. The summed E-state index contributed by atoms with van der Waals surface area (Å²) in [6, 6.07) is 0. The summed E-state index contributed by atoms with van der Waals surface area (Å²) in [6.45, 7) is 2.33. The molecule has 0 aromatic carbocycles. The Kier molecular flexibility index (Phi) is 0.976. The van der Waals surface area contributed by atoms with E-state index in [1.165, 1.54) is 19.3 Å². The van der Waals surface area contributed by atoms with Gasteiger partial charge in [0.15, 0.2) is 0 Å². The molecule has 0 N–H and O–H groups in total. The molecule has 0 heterocycles. The quantitative estimate of drug-likeness (QED) is 0.559. The van der Waals surface area contributed by atoms with Gasteiger partial charge in [0.2, 0.25) is 0 Å². The van der Waals surface area contributed by atoms with Gasteiger partial charge >= 0.3 is 0 Å². The summed E-state index contributed by atoms with van der Waals surface area (Å²) in [5.41, 5.74) is 0.285. The largest absolute Gasteiger partial charge is 0.378 e. The lowest BCUT2D eigenvalue weighted by atomic mass is 9.88. The van der Waals surface area contributed by atoms with Crippen LogP contribution in [0.2, 0.25) is 0 Å². The highest BCUT2D eigenvalue weighted by molar-refractivity contribution is 5.17. The molecule has 3 aliphatic carbocycles. The molecule has 0 aromatic rings. The van der Waals surface area contributed by atoms with Crippen LogP contribution >= 0.6 is 0 Å². The number of methoxy groups -OCH3 is 1. The minimum Gasteiger partial charge on any atom is -0.378 e. The zero-order chi connectivity index (χ0) is 7.64. The first-order chi connectivity index (χ1) is 5.27. The van der Waals surface area contributed by atoms with Crippen LogP contribution in [0.25, 0.3) is 0 Å². The van der Waals surface area contributed by atoms with E-state index in [-0.39, 0.29) is 5.60 Å². The SMILES string of the molecule is COC1(C)[C@H]2CC[C@H]1[C@H]1C[C@@H]12. The van der Waals surface area contributed by atoms with E-state index in [1.807, 2.05) is 7.11 Å². The number of hydrogen-bond donors (Lipinski definition) is 0. The van der Waals surface area contributed by atoms with E-state index >= 15 is 0 Å². The minimum atomic E-state index is 0.285. The fraction of sp³-hybridized carbons (Fsp3) is 1.00. The molecular formula is C10H16O. The van der Waals surface area contributed by atoms with Crippen LogP contribution in [-0.4, -0.2) is 12.7 Å². The molecule has 3 fully saturated rings. The highest BCUT2D eigenvalue weighted by Crippen LogP contribution is 2.70. The van der Waals surface area contributed by atoms with E-state index in [2.05, 4.69) is 6.92 Å². The molecule has 62 valence electrons. The van der Waals surface area contributed by atoms with Gasteiger partial charge in [-0.05, 0) is 49.9 Å². The van der Waals surface area contributed by atoms with E-state index in [0.717, 1.165) is 23.7 Å². The predicted molar refractivity (Wildman–Crippen MR) is 43.2 cm³/mol. The molecule has 3 rings (SSSR count). The zero-order valence-electron chi connectivity index (χ0n) is 7.34. The van der Waals surface area contributed by atoms with E-state index in [0.29, 0.717) is 0 Å². The zero-order valence-corrected chi connectivity index (χ0v) is 7.34. The first kappa shape index (κ1) is 6.47. The van der Waals surface area contributed by atoms with E-state index in [1.54, 1.807) is 0 Å². The Labute approximate surface area is 68.1 Å². The van der Waals surface area contributed by atoms with Crippen molar-refractivity contribution in [1.29, 1.82) is 0 Å². The summed E-state index contributed by atoms with van der Waals surface area (Å²) < 4.78 is 5.69. The van der Waals surface area contributed by atoms with E-state index in [9.17, 15) is 0 Å². The standard InChI is InChI=1S/C10H16O/c1-10(11-2)8-3-4-9(10)7-5-6(7)8/h6-9H,3-5H2,1-2H3/t6-,7-,8-,9-/m0/s1. The normalized spacial score (nSPS) is 64.9. The van der Waals surface area contributed by atoms with E-state index in [4.69, 9.17) is 4.74 Å². The monoisotopic (exact) mass is 152 g/mol. The molecule has 1 heteroatoms.